The highest BCUT2D eigenvalue weighted by Gasteiger charge is 2.08. The molecule has 0 saturated carbocycles. The van der Waals surface area contributed by atoms with Gasteiger partial charge in [-0.15, -0.1) is 0 Å². The molecule has 1 heterocycles. The average molecular weight is 321 g/mol. The third-order valence-electron chi connectivity index (χ3n) is 2.92. The summed E-state index contributed by atoms with van der Waals surface area (Å²) in [5, 5.41) is 0. The SMILES string of the molecule is Cc1ccc(CN)c(Oc2cc(C)c(Br)c(C)c2)n1. The van der Waals surface area contributed by atoms with E-state index in [2.05, 4.69) is 20.9 Å². The van der Waals surface area contributed by atoms with Crippen LogP contribution in [0.5, 0.6) is 11.6 Å². The number of pyridine rings is 1. The smallest absolute Gasteiger partial charge is 0.223 e. The number of aryl methyl sites for hydroxylation is 3. The van der Waals surface area contributed by atoms with Crippen LogP contribution >= 0.6 is 15.9 Å². The highest BCUT2D eigenvalue weighted by molar-refractivity contribution is 9.10. The topological polar surface area (TPSA) is 48.1 Å². The fourth-order valence-corrected chi connectivity index (χ4v) is 2.11. The Labute approximate surface area is 121 Å². The first kappa shape index (κ1) is 14.0. The maximum atomic E-state index is 5.89. The summed E-state index contributed by atoms with van der Waals surface area (Å²) in [5.41, 5.74) is 9.80. The molecule has 0 atom stereocenters. The quantitative estimate of drug-likeness (QED) is 0.929. The Hall–Kier alpha value is -1.39. The fraction of sp³-hybridized carbons (Fsp3) is 0.267. The third-order valence-corrected chi connectivity index (χ3v) is 4.17. The lowest BCUT2D eigenvalue weighted by molar-refractivity contribution is 0.454. The molecule has 0 aliphatic carbocycles. The molecule has 4 heteroatoms. The molecule has 3 nitrogen and oxygen atoms in total. The van der Waals surface area contributed by atoms with Gasteiger partial charge in [-0.2, -0.15) is 0 Å². The molecule has 0 aliphatic rings. The Bertz CT molecular complexity index is 588. The molecule has 0 amide bonds. The summed E-state index contributed by atoms with van der Waals surface area (Å²) >= 11 is 3.55. The molecular formula is C15H17BrN2O. The Morgan fingerprint density at radius 1 is 1.16 bits per heavy atom. The van der Waals surface area contributed by atoms with E-state index in [-0.39, 0.29) is 0 Å². The summed E-state index contributed by atoms with van der Waals surface area (Å²) < 4.78 is 6.99. The summed E-state index contributed by atoms with van der Waals surface area (Å²) in [6.45, 7) is 6.43. The molecule has 19 heavy (non-hydrogen) atoms. The number of benzene rings is 1. The first-order chi connectivity index (χ1) is 9.01. The van der Waals surface area contributed by atoms with Gasteiger partial charge in [0, 0.05) is 22.3 Å². The highest BCUT2D eigenvalue weighted by atomic mass is 79.9. The van der Waals surface area contributed by atoms with Gasteiger partial charge in [-0.25, -0.2) is 4.98 Å². The largest absolute Gasteiger partial charge is 0.439 e. The summed E-state index contributed by atoms with van der Waals surface area (Å²) in [5.74, 6) is 1.37. The van der Waals surface area contributed by atoms with Crippen LogP contribution in [0.1, 0.15) is 22.4 Å². The van der Waals surface area contributed by atoms with Crippen molar-refractivity contribution in [1.82, 2.24) is 4.98 Å². The lowest BCUT2D eigenvalue weighted by atomic mass is 10.1. The summed E-state index contributed by atoms with van der Waals surface area (Å²) in [6.07, 6.45) is 0. The molecule has 100 valence electrons. The summed E-state index contributed by atoms with van der Waals surface area (Å²) in [4.78, 5) is 4.41. The molecule has 2 N–H and O–H groups in total. The lowest BCUT2D eigenvalue weighted by Crippen LogP contribution is -2.02. The monoisotopic (exact) mass is 320 g/mol. The molecule has 1 aromatic carbocycles. The zero-order chi connectivity index (χ0) is 14.0. The second-order valence-electron chi connectivity index (χ2n) is 4.59. The van der Waals surface area contributed by atoms with E-state index in [4.69, 9.17) is 10.5 Å². The van der Waals surface area contributed by atoms with Crippen molar-refractivity contribution in [2.24, 2.45) is 5.73 Å². The minimum atomic E-state index is 0.414. The van der Waals surface area contributed by atoms with E-state index in [1.165, 1.54) is 0 Å². The minimum Gasteiger partial charge on any atom is -0.439 e. The number of hydrogen-bond donors (Lipinski definition) is 1. The number of halogens is 1. The van der Waals surface area contributed by atoms with E-state index in [1.54, 1.807) is 0 Å². The summed E-state index contributed by atoms with van der Waals surface area (Å²) in [6, 6.07) is 7.87. The minimum absolute atomic E-state index is 0.414. The van der Waals surface area contributed by atoms with Crippen LogP contribution in [0.3, 0.4) is 0 Å². The number of rotatable bonds is 3. The van der Waals surface area contributed by atoms with Crippen LogP contribution < -0.4 is 10.5 Å². The van der Waals surface area contributed by atoms with E-state index >= 15 is 0 Å². The zero-order valence-electron chi connectivity index (χ0n) is 11.3. The van der Waals surface area contributed by atoms with Gasteiger partial charge in [0.05, 0.1) is 0 Å². The van der Waals surface area contributed by atoms with Crippen LogP contribution in [0.25, 0.3) is 0 Å². The van der Waals surface area contributed by atoms with Crippen molar-refractivity contribution in [3.63, 3.8) is 0 Å². The van der Waals surface area contributed by atoms with Crippen LogP contribution in [0.15, 0.2) is 28.7 Å². The number of nitrogens with two attached hydrogens (primary N) is 1. The van der Waals surface area contributed by atoms with Crippen LogP contribution in [0, 0.1) is 20.8 Å². The molecule has 0 bridgehead atoms. The molecule has 0 aliphatic heterocycles. The van der Waals surface area contributed by atoms with Crippen molar-refractivity contribution in [2.75, 3.05) is 0 Å². The molecule has 0 unspecified atom stereocenters. The van der Waals surface area contributed by atoms with Crippen LogP contribution in [0.4, 0.5) is 0 Å². The fourth-order valence-electron chi connectivity index (χ4n) is 1.88. The number of nitrogens with zero attached hydrogens (tertiary/aromatic N) is 1. The summed E-state index contributed by atoms with van der Waals surface area (Å²) in [7, 11) is 0. The maximum Gasteiger partial charge on any atom is 0.223 e. The predicted octanol–water partition coefficient (Wildman–Crippen LogP) is 4.02. The standard InChI is InChI=1S/C15H17BrN2O/c1-9-6-13(7-10(2)14(9)16)19-15-12(8-17)5-4-11(3)18-15/h4-7H,8,17H2,1-3H3. The van der Waals surface area contributed by atoms with Crippen molar-refractivity contribution >= 4 is 15.9 Å². The zero-order valence-corrected chi connectivity index (χ0v) is 12.9. The van der Waals surface area contributed by atoms with Crippen molar-refractivity contribution in [3.8, 4) is 11.6 Å². The normalized spacial score (nSPS) is 10.6. The van der Waals surface area contributed by atoms with Gasteiger partial charge in [-0.3, -0.25) is 0 Å². The van der Waals surface area contributed by atoms with Crippen LogP contribution in [0.2, 0.25) is 0 Å². The van der Waals surface area contributed by atoms with Gasteiger partial charge in [0.15, 0.2) is 0 Å². The Kier molecular flexibility index (Phi) is 4.22. The first-order valence-electron chi connectivity index (χ1n) is 6.12. The van der Waals surface area contributed by atoms with Crippen molar-refractivity contribution in [3.05, 3.63) is 51.1 Å². The van der Waals surface area contributed by atoms with E-state index in [9.17, 15) is 0 Å². The van der Waals surface area contributed by atoms with Crippen LogP contribution in [-0.2, 0) is 6.54 Å². The van der Waals surface area contributed by atoms with E-state index < -0.39 is 0 Å². The first-order valence-corrected chi connectivity index (χ1v) is 6.91. The molecular weight excluding hydrogens is 304 g/mol. The van der Waals surface area contributed by atoms with Crippen molar-refractivity contribution in [1.29, 1.82) is 0 Å². The van der Waals surface area contributed by atoms with E-state index in [1.807, 2.05) is 45.0 Å². The number of ether oxygens (including phenoxy) is 1. The number of aromatic nitrogens is 1. The average Bonchev–Trinajstić information content (AvgIpc) is 2.36. The lowest BCUT2D eigenvalue weighted by Gasteiger charge is -2.12. The van der Waals surface area contributed by atoms with Crippen LogP contribution in [-0.4, -0.2) is 4.98 Å². The second kappa shape index (κ2) is 5.72. The Balaban J connectivity index is 2.38. The predicted molar refractivity (Wildman–Crippen MR) is 80.6 cm³/mol. The van der Waals surface area contributed by atoms with Gasteiger partial charge in [0.1, 0.15) is 5.75 Å². The van der Waals surface area contributed by atoms with Gasteiger partial charge in [-0.1, -0.05) is 22.0 Å². The molecule has 2 aromatic rings. The van der Waals surface area contributed by atoms with Gasteiger partial charge in [0.25, 0.3) is 0 Å². The number of hydrogen-bond acceptors (Lipinski definition) is 3. The molecule has 0 spiro atoms. The molecule has 1 aromatic heterocycles. The maximum absolute atomic E-state index is 5.89. The van der Waals surface area contributed by atoms with Gasteiger partial charge < -0.3 is 10.5 Å². The van der Waals surface area contributed by atoms with E-state index in [0.29, 0.717) is 12.4 Å². The van der Waals surface area contributed by atoms with Gasteiger partial charge in [0.2, 0.25) is 5.88 Å². The van der Waals surface area contributed by atoms with Gasteiger partial charge in [-0.05, 0) is 50.1 Å². The second-order valence-corrected chi connectivity index (χ2v) is 5.39. The Morgan fingerprint density at radius 3 is 2.37 bits per heavy atom. The third kappa shape index (κ3) is 3.14. The molecule has 0 saturated heterocycles. The van der Waals surface area contributed by atoms with Crippen molar-refractivity contribution in [2.45, 2.75) is 27.3 Å². The van der Waals surface area contributed by atoms with Crippen molar-refractivity contribution < 1.29 is 4.74 Å². The molecule has 0 fully saturated rings. The molecule has 0 radical (unpaired) electrons. The Morgan fingerprint density at radius 2 is 1.79 bits per heavy atom. The van der Waals surface area contributed by atoms with E-state index in [0.717, 1.165) is 32.6 Å². The van der Waals surface area contributed by atoms with Gasteiger partial charge >= 0.3 is 0 Å². The highest BCUT2D eigenvalue weighted by Crippen LogP contribution is 2.30. The molecule has 2 rings (SSSR count).